The van der Waals surface area contributed by atoms with Crippen molar-refractivity contribution in [3.05, 3.63) is 17.5 Å². The first kappa shape index (κ1) is 11.6. The number of hydrogen-bond acceptors (Lipinski definition) is 4. The van der Waals surface area contributed by atoms with Gasteiger partial charge >= 0.3 is 0 Å². The highest BCUT2D eigenvalue weighted by atomic mass is 35.5. The van der Waals surface area contributed by atoms with Crippen molar-refractivity contribution in [2.75, 3.05) is 7.11 Å². The number of halogens is 3. The molecule has 0 aromatic carbocycles. The van der Waals surface area contributed by atoms with Crippen molar-refractivity contribution >= 4 is 16.8 Å². The normalized spacial score (nSPS) is 10.5. The molecule has 0 amide bonds. The van der Waals surface area contributed by atoms with Crippen LogP contribution in [-0.4, -0.2) is 22.4 Å². The van der Waals surface area contributed by atoms with Crippen molar-refractivity contribution in [2.45, 2.75) is 6.43 Å². The zero-order chi connectivity index (χ0) is 11.6. The standard InChI is InChI=1S/C8H6ClF2NO3/c1-15-6-4(7(9)14)3(13)2-12-5(6)8(10)11/h2,8,13H,1H3. The summed E-state index contributed by atoms with van der Waals surface area (Å²) in [5, 5.41) is 8.12. The van der Waals surface area contributed by atoms with Gasteiger partial charge < -0.3 is 9.84 Å². The van der Waals surface area contributed by atoms with Gasteiger partial charge in [0.25, 0.3) is 11.7 Å². The van der Waals surface area contributed by atoms with Crippen LogP contribution in [-0.2, 0) is 0 Å². The monoisotopic (exact) mass is 237 g/mol. The molecule has 0 aliphatic carbocycles. The van der Waals surface area contributed by atoms with E-state index >= 15 is 0 Å². The maximum atomic E-state index is 12.4. The molecule has 1 rings (SSSR count). The number of aromatic nitrogens is 1. The maximum absolute atomic E-state index is 12.4. The van der Waals surface area contributed by atoms with Gasteiger partial charge in [0.1, 0.15) is 17.0 Å². The molecule has 0 fully saturated rings. The quantitative estimate of drug-likeness (QED) is 0.818. The number of aromatic hydroxyl groups is 1. The Morgan fingerprint density at radius 2 is 2.27 bits per heavy atom. The van der Waals surface area contributed by atoms with Gasteiger partial charge in [-0.2, -0.15) is 0 Å². The highest BCUT2D eigenvalue weighted by molar-refractivity contribution is 6.68. The summed E-state index contributed by atoms with van der Waals surface area (Å²) in [6.45, 7) is 0. The minimum atomic E-state index is -2.92. The Labute approximate surface area is 88.4 Å². The van der Waals surface area contributed by atoms with E-state index in [9.17, 15) is 18.7 Å². The van der Waals surface area contributed by atoms with E-state index in [1.54, 1.807) is 0 Å². The number of hydrogen-bond donors (Lipinski definition) is 1. The van der Waals surface area contributed by atoms with E-state index in [-0.39, 0.29) is 0 Å². The van der Waals surface area contributed by atoms with Crippen molar-refractivity contribution in [2.24, 2.45) is 0 Å². The second-order valence-corrected chi connectivity index (χ2v) is 2.85. The van der Waals surface area contributed by atoms with Crippen LogP contribution in [0.15, 0.2) is 6.20 Å². The number of rotatable bonds is 3. The Bertz CT molecular complexity index is 398. The van der Waals surface area contributed by atoms with E-state index < -0.39 is 34.4 Å². The average Bonchev–Trinajstić information content (AvgIpc) is 2.15. The second-order valence-electron chi connectivity index (χ2n) is 2.51. The van der Waals surface area contributed by atoms with Crippen LogP contribution in [0.2, 0.25) is 0 Å². The molecule has 0 saturated heterocycles. The predicted molar refractivity (Wildman–Crippen MR) is 47.6 cm³/mol. The van der Waals surface area contributed by atoms with Gasteiger partial charge in [0.05, 0.1) is 13.3 Å². The Kier molecular flexibility index (Phi) is 3.41. The first-order valence-electron chi connectivity index (χ1n) is 3.72. The molecule has 4 nitrogen and oxygen atoms in total. The number of nitrogens with zero attached hydrogens (tertiary/aromatic N) is 1. The number of carbonyl (C=O) groups excluding carboxylic acids is 1. The minimum absolute atomic E-state index is 0.509. The summed E-state index contributed by atoms with van der Waals surface area (Å²) in [6, 6.07) is 0. The smallest absolute Gasteiger partial charge is 0.284 e. The molecule has 15 heavy (non-hydrogen) atoms. The molecule has 7 heteroatoms. The van der Waals surface area contributed by atoms with Gasteiger partial charge in [0, 0.05) is 0 Å². The fourth-order valence-electron chi connectivity index (χ4n) is 1.05. The van der Waals surface area contributed by atoms with Crippen LogP contribution >= 0.6 is 11.6 Å². The van der Waals surface area contributed by atoms with Crippen molar-refractivity contribution in [3.63, 3.8) is 0 Å². The number of methoxy groups -OCH3 is 1. The number of pyridine rings is 1. The van der Waals surface area contributed by atoms with Crippen LogP contribution < -0.4 is 4.74 Å². The third kappa shape index (κ3) is 2.15. The molecule has 0 saturated carbocycles. The molecule has 0 aliphatic rings. The SMILES string of the molecule is COc1c(C(F)F)ncc(O)c1C(=O)Cl. The topological polar surface area (TPSA) is 59.4 Å². The van der Waals surface area contributed by atoms with Crippen molar-refractivity contribution in [3.8, 4) is 11.5 Å². The van der Waals surface area contributed by atoms with Gasteiger partial charge in [-0.3, -0.25) is 4.79 Å². The molecule has 0 bridgehead atoms. The molecule has 1 aromatic rings. The van der Waals surface area contributed by atoms with E-state index in [0.717, 1.165) is 13.3 Å². The number of carbonyl (C=O) groups is 1. The summed E-state index contributed by atoms with van der Waals surface area (Å²) in [5.41, 5.74) is -1.25. The summed E-state index contributed by atoms with van der Waals surface area (Å²) < 4.78 is 29.4. The molecule has 82 valence electrons. The minimum Gasteiger partial charge on any atom is -0.505 e. The predicted octanol–water partition coefficient (Wildman–Crippen LogP) is 2.11. The molecule has 1 N–H and O–H groups in total. The highest BCUT2D eigenvalue weighted by Crippen LogP contribution is 2.35. The van der Waals surface area contributed by atoms with Gasteiger partial charge in [-0.1, -0.05) is 0 Å². The Balaban J connectivity index is 3.47. The van der Waals surface area contributed by atoms with Crippen LogP contribution in [0.1, 0.15) is 22.5 Å². The van der Waals surface area contributed by atoms with Crippen LogP contribution in [0.4, 0.5) is 8.78 Å². The largest absolute Gasteiger partial charge is 0.505 e. The first-order valence-corrected chi connectivity index (χ1v) is 4.10. The van der Waals surface area contributed by atoms with Gasteiger partial charge in [-0.25, -0.2) is 13.8 Å². The Hall–Kier alpha value is -1.43. The van der Waals surface area contributed by atoms with Gasteiger partial charge in [0.15, 0.2) is 5.75 Å². The van der Waals surface area contributed by atoms with Crippen LogP contribution in [0.5, 0.6) is 11.5 Å². The van der Waals surface area contributed by atoms with E-state index in [1.165, 1.54) is 0 Å². The molecular formula is C8H6ClF2NO3. The Morgan fingerprint density at radius 1 is 1.67 bits per heavy atom. The lowest BCUT2D eigenvalue weighted by molar-refractivity contribution is 0.107. The average molecular weight is 238 g/mol. The fraction of sp³-hybridized carbons (Fsp3) is 0.250. The third-order valence-electron chi connectivity index (χ3n) is 1.65. The van der Waals surface area contributed by atoms with Crippen molar-refractivity contribution in [1.82, 2.24) is 4.98 Å². The summed E-state index contributed by atoms with van der Waals surface area (Å²) in [4.78, 5) is 14.1. The van der Waals surface area contributed by atoms with Crippen molar-refractivity contribution < 1.29 is 23.4 Å². The molecule has 0 radical (unpaired) electrons. The molecule has 0 spiro atoms. The van der Waals surface area contributed by atoms with Gasteiger partial charge in [0.2, 0.25) is 0 Å². The zero-order valence-corrected chi connectivity index (χ0v) is 8.26. The lowest BCUT2D eigenvalue weighted by Crippen LogP contribution is -2.03. The summed E-state index contributed by atoms with van der Waals surface area (Å²) in [5.74, 6) is -1.11. The fourth-order valence-corrected chi connectivity index (χ4v) is 1.23. The summed E-state index contributed by atoms with van der Waals surface area (Å²) in [6.07, 6.45) is -2.20. The molecular weight excluding hydrogens is 232 g/mol. The molecule has 0 atom stereocenters. The van der Waals surface area contributed by atoms with Gasteiger partial charge in [-0.15, -0.1) is 0 Å². The van der Waals surface area contributed by atoms with Gasteiger partial charge in [-0.05, 0) is 11.6 Å². The van der Waals surface area contributed by atoms with Crippen LogP contribution in [0, 0.1) is 0 Å². The first-order chi connectivity index (χ1) is 6.99. The zero-order valence-electron chi connectivity index (χ0n) is 7.50. The number of alkyl halides is 2. The van der Waals surface area contributed by atoms with Crippen LogP contribution in [0.25, 0.3) is 0 Å². The lowest BCUT2D eigenvalue weighted by Gasteiger charge is -2.10. The van der Waals surface area contributed by atoms with Crippen LogP contribution in [0.3, 0.4) is 0 Å². The second kappa shape index (κ2) is 4.39. The van der Waals surface area contributed by atoms with E-state index in [0.29, 0.717) is 0 Å². The van der Waals surface area contributed by atoms with E-state index in [2.05, 4.69) is 9.72 Å². The van der Waals surface area contributed by atoms with E-state index in [4.69, 9.17) is 11.6 Å². The molecule has 1 heterocycles. The summed E-state index contributed by atoms with van der Waals surface area (Å²) >= 11 is 5.12. The third-order valence-corrected chi connectivity index (χ3v) is 1.84. The van der Waals surface area contributed by atoms with Crippen molar-refractivity contribution in [1.29, 1.82) is 0 Å². The summed E-state index contributed by atoms with van der Waals surface area (Å²) in [7, 11) is 1.08. The molecule has 0 aliphatic heterocycles. The Morgan fingerprint density at radius 3 is 2.67 bits per heavy atom. The molecule has 0 unspecified atom stereocenters. The highest BCUT2D eigenvalue weighted by Gasteiger charge is 2.24. The number of ether oxygens (including phenoxy) is 1. The maximum Gasteiger partial charge on any atom is 0.284 e. The lowest BCUT2D eigenvalue weighted by atomic mass is 10.2. The van der Waals surface area contributed by atoms with E-state index in [1.807, 2.05) is 0 Å². The molecule has 1 aromatic heterocycles.